The normalized spacial score (nSPS) is 24.5. The highest BCUT2D eigenvalue weighted by Gasteiger charge is 2.21. The molecule has 1 saturated heterocycles. The van der Waals surface area contributed by atoms with Crippen LogP contribution in [-0.4, -0.2) is 27.7 Å². The molecule has 1 N–H and O–H groups in total. The van der Waals surface area contributed by atoms with Gasteiger partial charge in [0.15, 0.2) is 5.75 Å². The third kappa shape index (κ3) is 4.17. The molecule has 0 bridgehead atoms. The summed E-state index contributed by atoms with van der Waals surface area (Å²) < 4.78 is 2.21. The largest absolute Gasteiger partial charge is 0.503 e. The molecule has 128 valence electrons. The van der Waals surface area contributed by atoms with Gasteiger partial charge >= 0.3 is 0 Å². The van der Waals surface area contributed by atoms with Crippen LogP contribution in [0.25, 0.3) is 0 Å². The Morgan fingerprint density at radius 2 is 1.87 bits per heavy atom. The summed E-state index contributed by atoms with van der Waals surface area (Å²) in [6, 6.07) is 2.10. The van der Waals surface area contributed by atoms with Crippen molar-refractivity contribution in [2.75, 3.05) is 13.1 Å². The Hall–Kier alpha value is -1.29. The number of rotatable bonds is 3. The van der Waals surface area contributed by atoms with Crippen molar-refractivity contribution in [3.8, 4) is 5.75 Å². The summed E-state index contributed by atoms with van der Waals surface area (Å²) in [5.74, 6) is 0.629. The van der Waals surface area contributed by atoms with Gasteiger partial charge in [0.05, 0.1) is 6.20 Å². The highest BCUT2D eigenvalue weighted by molar-refractivity contribution is 5.21. The van der Waals surface area contributed by atoms with Gasteiger partial charge in [0.25, 0.3) is 0 Å². The average molecular weight is 318 g/mol. The van der Waals surface area contributed by atoms with Gasteiger partial charge in [0, 0.05) is 30.9 Å². The molecule has 1 atom stereocenters. The lowest BCUT2D eigenvalue weighted by molar-refractivity contribution is 0.170. The van der Waals surface area contributed by atoms with Crippen LogP contribution in [0.5, 0.6) is 5.75 Å². The molecule has 0 spiro atoms. The Bertz CT molecular complexity index is 573. The lowest BCUT2D eigenvalue weighted by Crippen LogP contribution is -2.35. The Balaban J connectivity index is 1.84. The molecule has 2 aliphatic rings. The molecule has 2 heterocycles. The summed E-state index contributed by atoms with van der Waals surface area (Å²) in [7, 11) is 0. The van der Waals surface area contributed by atoms with Crippen LogP contribution < -0.4 is 5.43 Å². The van der Waals surface area contributed by atoms with Crippen LogP contribution >= 0.6 is 0 Å². The van der Waals surface area contributed by atoms with Crippen molar-refractivity contribution in [1.29, 1.82) is 0 Å². The van der Waals surface area contributed by atoms with E-state index in [1.54, 1.807) is 12.3 Å². The van der Waals surface area contributed by atoms with E-state index >= 15 is 0 Å². The van der Waals surface area contributed by atoms with Crippen molar-refractivity contribution in [2.45, 2.75) is 70.9 Å². The third-order valence-electron chi connectivity index (χ3n) is 5.49. The van der Waals surface area contributed by atoms with Crippen LogP contribution in [-0.2, 0) is 6.54 Å². The van der Waals surface area contributed by atoms with Gasteiger partial charge in [-0.05, 0) is 38.1 Å². The maximum absolute atomic E-state index is 12.0. The molecule has 3 rings (SSSR count). The number of aromatic nitrogens is 1. The molecule has 1 saturated carbocycles. The first-order valence-electron chi connectivity index (χ1n) is 9.30. The topological polar surface area (TPSA) is 45.5 Å². The predicted octanol–water partition coefficient (Wildman–Crippen LogP) is 3.68. The van der Waals surface area contributed by atoms with Gasteiger partial charge in [-0.2, -0.15) is 0 Å². The monoisotopic (exact) mass is 318 g/mol. The van der Waals surface area contributed by atoms with Crippen molar-refractivity contribution >= 4 is 0 Å². The zero-order valence-electron chi connectivity index (χ0n) is 14.3. The van der Waals surface area contributed by atoms with E-state index in [-0.39, 0.29) is 11.2 Å². The molecule has 1 unspecified atom stereocenters. The Labute approximate surface area is 139 Å². The van der Waals surface area contributed by atoms with E-state index in [9.17, 15) is 9.90 Å². The van der Waals surface area contributed by atoms with Gasteiger partial charge in [-0.1, -0.05) is 32.6 Å². The number of pyridine rings is 1. The fraction of sp³-hybridized carbons (Fsp3) is 0.737. The van der Waals surface area contributed by atoms with Gasteiger partial charge in [-0.3, -0.25) is 9.69 Å². The fourth-order valence-corrected chi connectivity index (χ4v) is 4.24. The maximum Gasteiger partial charge on any atom is 0.223 e. The van der Waals surface area contributed by atoms with Crippen LogP contribution in [0, 0.1) is 5.92 Å². The second-order valence-corrected chi connectivity index (χ2v) is 7.55. The minimum Gasteiger partial charge on any atom is -0.503 e. The minimum atomic E-state index is -0.241. The molecule has 1 aliphatic carbocycles. The SMILES string of the molecule is CC1CCCN(Cc2cc(=O)c(O)cn2C2CCCCCC2)C1. The zero-order chi connectivity index (χ0) is 16.2. The van der Waals surface area contributed by atoms with Gasteiger partial charge < -0.3 is 9.67 Å². The van der Waals surface area contributed by atoms with Crippen molar-refractivity contribution in [3.05, 3.63) is 28.2 Å². The number of aromatic hydroxyl groups is 1. The first-order valence-corrected chi connectivity index (χ1v) is 9.30. The molecule has 1 aliphatic heterocycles. The van der Waals surface area contributed by atoms with E-state index in [1.165, 1.54) is 38.5 Å². The van der Waals surface area contributed by atoms with Crippen LogP contribution in [0.2, 0.25) is 0 Å². The smallest absolute Gasteiger partial charge is 0.223 e. The first-order chi connectivity index (χ1) is 11.1. The summed E-state index contributed by atoms with van der Waals surface area (Å²) in [6.07, 6.45) is 11.7. The molecule has 1 aromatic rings. The molecule has 1 aromatic heterocycles. The standard InChI is InChI=1S/C19H30N2O2/c1-15-7-6-10-20(12-15)13-17-11-18(22)19(23)14-21(17)16-8-4-2-3-5-9-16/h11,14-16,23H,2-10,12-13H2,1H3. The second-order valence-electron chi connectivity index (χ2n) is 7.55. The van der Waals surface area contributed by atoms with Crippen LogP contribution in [0.1, 0.15) is 70.0 Å². The Kier molecular flexibility index (Phi) is 5.42. The average Bonchev–Trinajstić information content (AvgIpc) is 2.80. The highest BCUT2D eigenvalue weighted by Crippen LogP contribution is 2.29. The van der Waals surface area contributed by atoms with Crippen molar-refractivity contribution < 1.29 is 5.11 Å². The Morgan fingerprint density at radius 3 is 2.57 bits per heavy atom. The maximum atomic E-state index is 12.0. The molecule has 0 amide bonds. The van der Waals surface area contributed by atoms with Crippen LogP contribution in [0.4, 0.5) is 0 Å². The molecular formula is C19H30N2O2. The number of likely N-dealkylation sites (tertiary alicyclic amines) is 1. The third-order valence-corrected chi connectivity index (χ3v) is 5.49. The van der Waals surface area contributed by atoms with Gasteiger partial charge in [-0.15, -0.1) is 0 Å². The lowest BCUT2D eigenvalue weighted by Gasteiger charge is -2.32. The second kappa shape index (κ2) is 7.52. The van der Waals surface area contributed by atoms with Crippen LogP contribution in [0.3, 0.4) is 0 Å². The molecular weight excluding hydrogens is 288 g/mol. The Morgan fingerprint density at radius 1 is 1.13 bits per heavy atom. The number of nitrogens with zero attached hydrogens (tertiary/aromatic N) is 2. The van der Waals surface area contributed by atoms with E-state index in [0.29, 0.717) is 6.04 Å². The van der Waals surface area contributed by atoms with Crippen molar-refractivity contribution in [1.82, 2.24) is 9.47 Å². The number of piperidine rings is 1. The summed E-state index contributed by atoms with van der Waals surface area (Å²) in [6.45, 7) is 5.36. The molecule has 4 nitrogen and oxygen atoms in total. The first kappa shape index (κ1) is 16.6. The van der Waals surface area contributed by atoms with Gasteiger partial charge in [-0.25, -0.2) is 0 Å². The lowest BCUT2D eigenvalue weighted by atomic mass is 10.00. The van der Waals surface area contributed by atoms with E-state index in [1.807, 2.05) is 0 Å². The zero-order valence-corrected chi connectivity index (χ0v) is 14.3. The van der Waals surface area contributed by atoms with E-state index in [4.69, 9.17) is 0 Å². The number of hydrogen-bond donors (Lipinski definition) is 1. The van der Waals surface area contributed by atoms with E-state index < -0.39 is 0 Å². The number of hydrogen-bond acceptors (Lipinski definition) is 3. The molecule has 4 heteroatoms. The molecule has 0 aromatic carbocycles. The van der Waals surface area contributed by atoms with Crippen LogP contribution in [0.15, 0.2) is 17.1 Å². The highest BCUT2D eigenvalue weighted by atomic mass is 16.3. The van der Waals surface area contributed by atoms with E-state index in [2.05, 4.69) is 16.4 Å². The molecule has 0 radical (unpaired) electrons. The van der Waals surface area contributed by atoms with E-state index in [0.717, 1.165) is 44.1 Å². The summed E-state index contributed by atoms with van der Waals surface area (Å²) in [5.41, 5.74) is 0.837. The predicted molar refractivity (Wildman–Crippen MR) is 92.8 cm³/mol. The fourth-order valence-electron chi connectivity index (χ4n) is 4.24. The van der Waals surface area contributed by atoms with Gasteiger partial charge in [0.2, 0.25) is 5.43 Å². The molecule has 2 fully saturated rings. The summed E-state index contributed by atoms with van der Waals surface area (Å²) >= 11 is 0. The summed E-state index contributed by atoms with van der Waals surface area (Å²) in [4.78, 5) is 14.4. The van der Waals surface area contributed by atoms with Crippen molar-refractivity contribution in [3.63, 3.8) is 0 Å². The quantitative estimate of drug-likeness (QED) is 0.865. The van der Waals surface area contributed by atoms with Crippen molar-refractivity contribution in [2.24, 2.45) is 5.92 Å². The summed E-state index contributed by atoms with van der Waals surface area (Å²) in [5, 5.41) is 9.93. The van der Waals surface area contributed by atoms with Gasteiger partial charge in [0.1, 0.15) is 0 Å². The molecule has 23 heavy (non-hydrogen) atoms. The minimum absolute atomic E-state index is 0.106.